The zero-order valence-electron chi connectivity index (χ0n) is 21.2. The summed E-state index contributed by atoms with van der Waals surface area (Å²) in [6.07, 6.45) is 4.53. The maximum Gasteiger partial charge on any atom is 0.254 e. The van der Waals surface area contributed by atoms with Gasteiger partial charge in [0.1, 0.15) is 5.56 Å². The largest absolute Gasteiger partial charge is 0.365 e. The number of piperidine rings is 1. The van der Waals surface area contributed by atoms with E-state index in [-0.39, 0.29) is 29.3 Å². The van der Waals surface area contributed by atoms with E-state index in [1.807, 2.05) is 56.0 Å². The van der Waals surface area contributed by atoms with Crippen LogP contribution in [0.5, 0.6) is 0 Å². The molecule has 2 aromatic heterocycles. The van der Waals surface area contributed by atoms with E-state index in [2.05, 4.69) is 15.4 Å². The van der Waals surface area contributed by atoms with Gasteiger partial charge >= 0.3 is 0 Å². The second kappa shape index (κ2) is 10.9. The van der Waals surface area contributed by atoms with Gasteiger partial charge in [-0.25, -0.2) is 9.50 Å². The highest BCUT2D eigenvalue weighted by atomic mass is 16.2. The summed E-state index contributed by atoms with van der Waals surface area (Å²) < 4.78 is 1.60. The molecule has 4 rings (SSSR count). The Morgan fingerprint density at radius 1 is 1.14 bits per heavy atom. The van der Waals surface area contributed by atoms with Gasteiger partial charge in [-0.3, -0.25) is 14.4 Å². The van der Waals surface area contributed by atoms with Crippen molar-refractivity contribution in [2.45, 2.75) is 64.8 Å². The molecule has 1 aromatic carbocycles. The molecule has 36 heavy (non-hydrogen) atoms. The topological polar surface area (TPSA) is 123 Å². The first-order chi connectivity index (χ1) is 17.3. The lowest BCUT2D eigenvalue weighted by atomic mass is 9.93. The summed E-state index contributed by atoms with van der Waals surface area (Å²) in [5, 5.41) is 7.38. The number of nitrogens with two attached hydrogens (primary N) is 1. The molecule has 3 heterocycles. The molecule has 1 saturated heterocycles. The summed E-state index contributed by atoms with van der Waals surface area (Å²) >= 11 is 0. The highest BCUT2D eigenvalue weighted by Gasteiger charge is 2.29. The number of hydrogen-bond acceptors (Lipinski definition) is 5. The molecule has 1 atom stereocenters. The van der Waals surface area contributed by atoms with E-state index in [9.17, 15) is 14.4 Å². The van der Waals surface area contributed by atoms with Crippen LogP contribution in [0.15, 0.2) is 36.5 Å². The van der Waals surface area contributed by atoms with Crippen molar-refractivity contribution in [3.05, 3.63) is 64.6 Å². The zero-order valence-corrected chi connectivity index (χ0v) is 21.2. The lowest BCUT2D eigenvalue weighted by Gasteiger charge is -2.34. The quantitative estimate of drug-likeness (QED) is 0.503. The number of rotatable bonds is 8. The van der Waals surface area contributed by atoms with E-state index in [0.717, 1.165) is 41.8 Å². The smallest absolute Gasteiger partial charge is 0.254 e. The van der Waals surface area contributed by atoms with E-state index in [4.69, 9.17) is 5.73 Å². The van der Waals surface area contributed by atoms with Crippen molar-refractivity contribution in [2.75, 3.05) is 13.1 Å². The number of aryl methyl sites for hydroxylation is 2. The van der Waals surface area contributed by atoms with E-state index < -0.39 is 5.91 Å². The second-order valence-electron chi connectivity index (χ2n) is 9.46. The molecular weight excluding hydrogens is 456 g/mol. The van der Waals surface area contributed by atoms with Gasteiger partial charge in [0, 0.05) is 36.9 Å². The standard InChI is InChI=1S/C27H34N6O3/c1-4-21(19-8-6-5-7-9-19)27(36)32-14-12-20(13-15-32)31-24(34)11-10-22-17(2)30-26-23(25(28)35)16-29-33(26)18(22)3/h5-9,16,20-21H,4,10-15H2,1-3H3,(H2,28,35)(H,31,34). The number of carbonyl (C=O) groups is 3. The minimum Gasteiger partial charge on any atom is -0.365 e. The Kier molecular flexibility index (Phi) is 7.67. The Hall–Kier alpha value is -3.75. The van der Waals surface area contributed by atoms with Gasteiger partial charge in [0.15, 0.2) is 5.65 Å². The molecule has 190 valence electrons. The molecule has 0 aliphatic carbocycles. The van der Waals surface area contributed by atoms with Gasteiger partial charge in [0.2, 0.25) is 11.8 Å². The summed E-state index contributed by atoms with van der Waals surface area (Å²) in [6.45, 7) is 7.10. The molecule has 1 unspecified atom stereocenters. The lowest BCUT2D eigenvalue weighted by molar-refractivity contribution is -0.134. The minimum absolute atomic E-state index is 0.0207. The van der Waals surface area contributed by atoms with E-state index in [0.29, 0.717) is 31.6 Å². The van der Waals surface area contributed by atoms with Gasteiger partial charge in [0.25, 0.3) is 5.91 Å². The number of benzene rings is 1. The van der Waals surface area contributed by atoms with Crippen LogP contribution >= 0.6 is 0 Å². The fourth-order valence-electron chi connectivity index (χ4n) is 5.09. The highest BCUT2D eigenvalue weighted by molar-refractivity contribution is 5.98. The molecule has 0 saturated carbocycles. The number of primary amides is 1. The number of likely N-dealkylation sites (tertiary alicyclic amines) is 1. The van der Waals surface area contributed by atoms with Gasteiger partial charge in [-0.1, -0.05) is 37.3 Å². The average molecular weight is 491 g/mol. The van der Waals surface area contributed by atoms with E-state index >= 15 is 0 Å². The van der Waals surface area contributed by atoms with Crippen molar-refractivity contribution in [1.29, 1.82) is 0 Å². The second-order valence-corrected chi connectivity index (χ2v) is 9.46. The number of fused-ring (bicyclic) bond motifs is 1. The number of aromatic nitrogens is 3. The van der Waals surface area contributed by atoms with Crippen molar-refractivity contribution < 1.29 is 14.4 Å². The predicted octanol–water partition coefficient (Wildman–Crippen LogP) is 2.68. The Bertz CT molecular complexity index is 1260. The SMILES string of the molecule is CCC(C(=O)N1CCC(NC(=O)CCc2c(C)nc3c(C(N)=O)cnn3c2C)CC1)c1ccccc1. The molecule has 3 aromatic rings. The summed E-state index contributed by atoms with van der Waals surface area (Å²) in [6, 6.07) is 9.99. The number of nitrogens with one attached hydrogen (secondary N) is 1. The summed E-state index contributed by atoms with van der Waals surface area (Å²) in [5.41, 5.74) is 9.72. The van der Waals surface area contributed by atoms with Crippen LogP contribution in [-0.2, 0) is 16.0 Å². The zero-order chi connectivity index (χ0) is 25.8. The van der Waals surface area contributed by atoms with Crippen LogP contribution in [0, 0.1) is 13.8 Å². The van der Waals surface area contributed by atoms with Gasteiger partial charge in [-0.05, 0) is 50.7 Å². The van der Waals surface area contributed by atoms with E-state index in [1.54, 1.807) is 4.52 Å². The maximum atomic E-state index is 13.1. The Morgan fingerprint density at radius 2 is 1.83 bits per heavy atom. The van der Waals surface area contributed by atoms with Crippen LogP contribution in [0.25, 0.3) is 5.65 Å². The summed E-state index contributed by atoms with van der Waals surface area (Å²) in [4.78, 5) is 43.9. The van der Waals surface area contributed by atoms with Crippen molar-refractivity contribution in [3.8, 4) is 0 Å². The van der Waals surface area contributed by atoms with Gasteiger partial charge in [0.05, 0.1) is 12.1 Å². The Morgan fingerprint density at radius 3 is 2.47 bits per heavy atom. The van der Waals surface area contributed by atoms with Crippen LogP contribution < -0.4 is 11.1 Å². The molecule has 1 fully saturated rings. The van der Waals surface area contributed by atoms with Crippen LogP contribution in [0.3, 0.4) is 0 Å². The van der Waals surface area contributed by atoms with Crippen molar-refractivity contribution in [3.63, 3.8) is 0 Å². The van der Waals surface area contributed by atoms with Crippen LogP contribution in [0.1, 0.15) is 71.4 Å². The first kappa shape index (κ1) is 25.3. The molecule has 3 amide bonds. The molecule has 0 radical (unpaired) electrons. The third kappa shape index (κ3) is 5.24. The van der Waals surface area contributed by atoms with Crippen molar-refractivity contribution >= 4 is 23.4 Å². The summed E-state index contributed by atoms with van der Waals surface area (Å²) in [7, 11) is 0. The first-order valence-electron chi connectivity index (χ1n) is 12.6. The molecule has 0 bridgehead atoms. The number of amides is 3. The van der Waals surface area contributed by atoms with E-state index in [1.165, 1.54) is 6.20 Å². The highest BCUT2D eigenvalue weighted by Crippen LogP contribution is 2.24. The first-order valence-corrected chi connectivity index (χ1v) is 12.6. The summed E-state index contributed by atoms with van der Waals surface area (Å²) in [5.74, 6) is -0.543. The molecule has 9 heteroatoms. The fourth-order valence-corrected chi connectivity index (χ4v) is 5.09. The fraction of sp³-hybridized carbons (Fsp3) is 0.444. The predicted molar refractivity (Wildman–Crippen MR) is 137 cm³/mol. The molecule has 1 aliphatic heterocycles. The van der Waals surface area contributed by atoms with Gasteiger partial charge in [-0.2, -0.15) is 5.10 Å². The number of nitrogens with zero attached hydrogens (tertiary/aromatic N) is 4. The Balaban J connectivity index is 1.30. The molecule has 3 N–H and O–H groups in total. The van der Waals surface area contributed by atoms with Crippen molar-refractivity contribution in [2.24, 2.45) is 5.73 Å². The molecule has 1 aliphatic rings. The third-order valence-electron chi connectivity index (χ3n) is 7.16. The van der Waals surface area contributed by atoms with Crippen molar-refractivity contribution in [1.82, 2.24) is 24.8 Å². The van der Waals surface area contributed by atoms with Crippen LogP contribution in [0.4, 0.5) is 0 Å². The molecule has 0 spiro atoms. The third-order valence-corrected chi connectivity index (χ3v) is 7.16. The van der Waals surface area contributed by atoms with Gasteiger partial charge < -0.3 is 16.0 Å². The Labute approximate surface area is 211 Å². The lowest BCUT2D eigenvalue weighted by Crippen LogP contribution is -2.47. The van der Waals surface area contributed by atoms with Gasteiger partial charge in [-0.15, -0.1) is 0 Å². The maximum absolute atomic E-state index is 13.1. The normalized spacial score (nSPS) is 15.1. The minimum atomic E-state index is -0.568. The number of hydrogen-bond donors (Lipinski definition) is 2. The van der Waals surface area contributed by atoms with Crippen LogP contribution in [-0.4, -0.2) is 56.4 Å². The van der Waals surface area contributed by atoms with Crippen LogP contribution in [0.2, 0.25) is 0 Å². The number of carbonyl (C=O) groups excluding carboxylic acids is 3. The monoisotopic (exact) mass is 490 g/mol. The molecule has 9 nitrogen and oxygen atoms in total. The molecular formula is C27H34N6O3. The average Bonchev–Trinajstić information content (AvgIpc) is 3.29.